The van der Waals surface area contributed by atoms with Crippen LogP contribution in [0.5, 0.6) is 0 Å². The number of piperazine rings is 1. The van der Waals surface area contributed by atoms with E-state index in [4.69, 9.17) is 9.15 Å². The molecule has 3 aliphatic rings. The zero-order valence-electron chi connectivity index (χ0n) is 24.1. The highest BCUT2D eigenvalue weighted by molar-refractivity contribution is 6.00. The minimum atomic E-state index is -0.608. The summed E-state index contributed by atoms with van der Waals surface area (Å²) in [4.78, 5) is 31.0. The van der Waals surface area contributed by atoms with E-state index in [0.29, 0.717) is 43.4 Å². The topological polar surface area (TPSA) is 93.7 Å². The Morgan fingerprint density at radius 2 is 1.93 bits per heavy atom. The van der Waals surface area contributed by atoms with Crippen LogP contribution in [0.25, 0.3) is 5.57 Å². The van der Waals surface area contributed by atoms with Gasteiger partial charge in [-0.15, -0.1) is 10.2 Å². The Kier molecular flexibility index (Phi) is 7.83. The van der Waals surface area contributed by atoms with Gasteiger partial charge in [-0.25, -0.2) is 4.79 Å². The van der Waals surface area contributed by atoms with Gasteiger partial charge in [0.15, 0.2) is 0 Å². The fraction of sp³-hybridized carbons (Fsp3) is 0.484. The summed E-state index contributed by atoms with van der Waals surface area (Å²) < 4.78 is 13.6. The molecule has 0 N–H and O–H groups in total. The molecule has 2 amide bonds. The lowest BCUT2D eigenvalue weighted by atomic mass is 9.97. The molecule has 3 heterocycles. The number of ether oxygens (including phenoxy) is 1. The van der Waals surface area contributed by atoms with E-state index in [0.717, 1.165) is 30.7 Å². The lowest BCUT2D eigenvalue weighted by Crippen LogP contribution is -2.58. The second-order valence-electron chi connectivity index (χ2n) is 11.7. The second-order valence-corrected chi connectivity index (χ2v) is 11.7. The van der Waals surface area contributed by atoms with Crippen molar-refractivity contribution < 1.29 is 18.7 Å². The van der Waals surface area contributed by atoms with Gasteiger partial charge in [0.1, 0.15) is 5.60 Å². The largest absolute Gasteiger partial charge is 0.444 e. The van der Waals surface area contributed by atoms with Gasteiger partial charge in [0.25, 0.3) is 5.91 Å². The summed E-state index contributed by atoms with van der Waals surface area (Å²) in [6, 6.07) is 1.83. The summed E-state index contributed by atoms with van der Waals surface area (Å²) in [5.41, 5.74) is 3.29. The van der Waals surface area contributed by atoms with Gasteiger partial charge in [-0.3, -0.25) is 4.79 Å². The van der Waals surface area contributed by atoms with Gasteiger partial charge in [-0.05, 0) is 58.6 Å². The average Bonchev–Trinajstić information content (AvgIpc) is 3.50. The van der Waals surface area contributed by atoms with Gasteiger partial charge in [0.05, 0.1) is 23.3 Å². The average molecular weight is 546 g/mol. The number of hydrogen-bond acceptors (Lipinski definition) is 6. The van der Waals surface area contributed by atoms with Crippen LogP contribution >= 0.6 is 0 Å². The van der Waals surface area contributed by atoms with E-state index in [1.54, 1.807) is 11.8 Å². The van der Waals surface area contributed by atoms with Gasteiger partial charge in [-0.1, -0.05) is 42.5 Å². The summed E-state index contributed by atoms with van der Waals surface area (Å²) in [5.74, 6) is 0.863. The molecule has 0 spiro atoms. The lowest BCUT2D eigenvalue weighted by molar-refractivity contribution is 0.00374. The second kappa shape index (κ2) is 11.3. The van der Waals surface area contributed by atoms with Crippen LogP contribution < -0.4 is 0 Å². The summed E-state index contributed by atoms with van der Waals surface area (Å²) in [5, 5.41) is 8.15. The minimum Gasteiger partial charge on any atom is -0.444 e. The van der Waals surface area contributed by atoms with Crippen LogP contribution in [-0.4, -0.2) is 67.8 Å². The predicted octanol–water partition coefficient (Wildman–Crippen LogP) is 5.58. The maximum Gasteiger partial charge on any atom is 0.410 e. The Labute approximate surface area is 235 Å². The molecule has 9 heteroatoms. The molecule has 2 unspecified atom stereocenters. The van der Waals surface area contributed by atoms with Crippen LogP contribution in [0.2, 0.25) is 0 Å². The Bertz CT molecular complexity index is 1390. The van der Waals surface area contributed by atoms with E-state index in [-0.39, 0.29) is 24.1 Å². The Morgan fingerprint density at radius 3 is 2.58 bits per heavy atom. The molecule has 40 heavy (non-hydrogen) atoms. The molecule has 2 aromatic rings. The van der Waals surface area contributed by atoms with Crippen molar-refractivity contribution in [3.8, 4) is 0 Å². The molecule has 0 bridgehead atoms. The first-order valence-electron chi connectivity index (χ1n) is 14.1. The number of nitrogens with zero attached hydrogens (tertiary/aromatic N) is 5. The number of aromatic nitrogens is 3. The van der Waals surface area contributed by atoms with E-state index < -0.39 is 5.60 Å². The molecule has 0 aromatic carbocycles. The first-order valence-corrected chi connectivity index (χ1v) is 14.1. The van der Waals surface area contributed by atoms with Crippen molar-refractivity contribution in [2.45, 2.75) is 78.0 Å². The van der Waals surface area contributed by atoms with Gasteiger partial charge in [0.2, 0.25) is 11.8 Å². The van der Waals surface area contributed by atoms with E-state index in [1.165, 1.54) is 5.57 Å². The third-order valence-electron chi connectivity index (χ3n) is 7.44. The number of rotatable bonds is 5. The zero-order valence-corrected chi connectivity index (χ0v) is 24.1. The molecule has 5 rings (SSSR count). The maximum atomic E-state index is 14.5. The Balaban J connectivity index is 1.50. The van der Waals surface area contributed by atoms with Crippen molar-refractivity contribution in [2.24, 2.45) is 0 Å². The molecule has 2 aromatic heterocycles. The predicted molar refractivity (Wildman–Crippen MR) is 153 cm³/mol. The van der Waals surface area contributed by atoms with E-state index in [1.807, 2.05) is 31.7 Å². The van der Waals surface area contributed by atoms with Crippen LogP contribution in [0.1, 0.15) is 79.6 Å². The highest BCUT2D eigenvalue weighted by atomic mass is 16.6. The zero-order chi connectivity index (χ0) is 28.4. The van der Waals surface area contributed by atoms with E-state index in [9.17, 15) is 9.59 Å². The standard InChI is InChI=1S/C31H39N5O4/c1-21-18-26(28(23-12-8-6-9-13-23)36(21)24-14-10-7-11-15-24)29(37)35-17-16-34(30(38)40-31(3,4)5)20-25(35)19-27-33-32-22(2)39-27/h6-8,10-12,14,18,24-25H,9,13,15-17,19-20H2,1-5H3. The number of carbonyl (C=O) groups is 2. The summed E-state index contributed by atoms with van der Waals surface area (Å²) in [6.45, 7) is 10.5. The monoisotopic (exact) mass is 545 g/mol. The maximum absolute atomic E-state index is 14.5. The van der Waals surface area contributed by atoms with Gasteiger partial charge in [-0.2, -0.15) is 0 Å². The highest BCUT2D eigenvalue weighted by Crippen LogP contribution is 2.35. The van der Waals surface area contributed by atoms with Crippen LogP contribution in [0, 0.1) is 13.8 Å². The number of allylic oxidation sites excluding steroid dienone is 8. The van der Waals surface area contributed by atoms with E-state index >= 15 is 0 Å². The molecule has 2 aliphatic carbocycles. The van der Waals surface area contributed by atoms with Crippen molar-refractivity contribution in [1.29, 1.82) is 0 Å². The smallest absolute Gasteiger partial charge is 0.410 e. The fourth-order valence-electron chi connectivity index (χ4n) is 5.70. The first kappa shape index (κ1) is 27.7. The quantitative estimate of drug-likeness (QED) is 0.487. The number of hydrogen-bond donors (Lipinski definition) is 0. The number of carbonyl (C=O) groups excluding carboxylic acids is 2. The lowest BCUT2D eigenvalue weighted by Gasteiger charge is -2.41. The van der Waals surface area contributed by atoms with Crippen LogP contribution in [0.3, 0.4) is 0 Å². The Hall–Kier alpha value is -3.88. The first-order chi connectivity index (χ1) is 19.1. The highest BCUT2D eigenvalue weighted by Gasteiger charge is 2.37. The van der Waals surface area contributed by atoms with E-state index in [2.05, 4.69) is 64.2 Å². The molecule has 0 radical (unpaired) electrons. The molecule has 9 nitrogen and oxygen atoms in total. The summed E-state index contributed by atoms with van der Waals surface area (Å²) in [7, 11) is 0. The van der Waals surface area contributed by atoms with Crippen molar-refractivity contribution in [2.75, 3.05) is 19.6 Å². The molecule has 2 atom stereocenters. The molecule has 1 aliphatic heterocycles. The SMILES string of the molecule is Cc1nnc(CC2CN(C(=O)OC(C)(C)C)CCN2C(=O)c2cc(C)n(C3C=CC=CC3)c2C2=CC=CCC2)o1. The van der Waals surface area contributed by atoms with Crippen LogP contribution in [-0.2, 0) is 11.2 Å². The van der Waals surface area contributed by atoms with Crippen molar-refractivity contribution in [1.82, 2.24) is 24.6 Å². The summed E-state index contributed by atoms with van der Waals surface area (Å²) >= 11 is 0. The fourth-order valence-corrected chi connectivity index (χ4v) is 5.70. The molecular formula is C31H39N5O4. The van der Waals surface area contributed by atoms with Crippen LogP contribution in [0.4, 0.5) is 4.79 Å². The molecule has 1 saturated heterocycles. The van der Waals surface area contributed by atoms with Crippen molar-refractivity contribution >= 4 is 17.6 Å². The molecule has 212 valence electrons. The van der Waals surface area contributed by atoms with Crippen molar-refractivity contribution in [3.63, 3.8) is 0 Å². The molecule has 0 saturated carbocycles. The molecule has 1 fully saturated rings. The minimum absolute atomic E-state index is 0.0484. The third kappa shape index (κ3) is 5.98. The van der Waals surface area contributed by atoms with Gasteiger partial charge < -0.3 is 23.5 Å². The molecular weight excluding hydrogens is 506 g/mol. The Morgan fingerprint density at radius 1 is 1.10 bits per heavy atom. The van der Waals surface area contributed by atoms with Crippen molar-refractivity contribution in [3.05, 3.63) is 77.3 Å². The number of amides is 2. The third-order valence-corrected chi connectivity index (χ3v) is 7.44. The number of aryl methyl sites for hydroxylation is 2. The van der Waals surface area contributed by atoms with Crippen LogP contribution in [0.15, 0.2) is 53.0 Å². The normalized spacial score (nSPS) is 21.1. The van der Waals surface area contributed by atoms with Gasteiger partial charge in [0, 0.05) is 38.7 Å². The summed E-state index contributed by atoms with van der Waals surface area (Å²) in [6.07, 6.45) is 17.5. The van der Waals surface area contributed by atoms with Gasteiger partial charge >= 0.3 is 6.09 Å².